The van der Waals surface area contributed by atoms with Crippen LogP contribution in [0.1, 0.15) is 60.3 Å². The summed E-state index contributed by atoms with van der Waals surface area (Å²) in [5.41, 5.74) is 20.4. The van der Waals surface area contributed by atoms with Gasteiger partial charge in [0.2, 0.25) is 0 Å². The predicted molar refractivity (Wildman–Crippen MR) is 154 cm³/mol. The normalized spacial score (nSPS) is 16.6. The number of aliphatic carboxylic acids is 5. The van der Waals surface area contributed by atoms with Gasteiger partial charge in [0, 0.05) is 0 Å². The van der Waals surface area contributed by atoms with Gasteiger partial charge in [-0.3, -0.25) is 24.0 Å². The maximum Gasteiger partial charge on any atom is 0.320 e. The van der Waals surface area contributed by atoms with Crippen LogP contribution in [0, 0.1) is 11.8 Å². The molecule has 15 nitrogen and oxygen atoms in total. The summed E-state index contributed by atoms with van der Waals surface area (Å²) in [5.74, 6) is -3.25. The zero-order valence-corrected chi connectivity index (χ0v) is 25.1. The molecule has 1 heterocycles. The lowest BCUT2D eigenvalue weighted by molar-refractivity contribution is -0.140. The fraction of sp³-hybridized carbons (Fsp3) is 0.792. The van der Waals surface area contributed by atoms with E-state index in [-0.39, 0.29) is 12.0 Å². The molecular weight excluding hydrogens is 550 g/mol. The zero-order valence-electron chi connectivity index (χ0n) is 24.3. The van der Waals surface area contributed by atoms with Crippen LogP contribution in [0.25, 0.3) is 0 Å². The van der Waals surface area contributed by atoms with Crippen molar-refractivity contribution in [2.75, 3.05) is 18.6 Å². The van der Waals surface area contributed by atoms with E-state index in [4.69, 9.17) is 48.5 Å². The van der Waals surface area contributed by atoms with E-state index in [1.165, 1.54) is 6.92 Å². The van der Waals surface area contributed by atoms with E-state index in [0.717, 1.165) is 25.1 Å². The summed E-state index contributed by atoms with van der Waals surface area (Å²) in [6, 6.07) is -3.09. The molecule has 0 aromatic heterocycles. The molecular formula is C24H51N5O10S. The zero-order chi connectivity index (χ0) is 32.6. The van der Waals surface area contributed by atoms with Crippen molar-refractivity contribution in [2.24, 2.45) is 34.8 Å². The molecule has 0 aromatic rings. The van der Waals surface area contributed by atoms with Crippen LogP contribution in [0.2, 0.25) is 0 Å². The second-order valence-corrected chi connectivity index (χ2v) is 10.5. The molecule has 0 bridgehead atoms. The molecule has 1 saturated heterocycles. The molecule has 238 valence electrons. The van der Waals surface area contributed by atoms with Gasteiger partial charge in [0.05, 0.1) is 0 Å². The lowest BCUT2D eigenvalue weighted by Gasteiger charge is -2.07. The molecule has 0 aliphatic carbocycles. The minimum absolute atomic E-state index is 0.0208. The largest absolute Gasteiger partial charge is 0.480 e. The number of hydrogen-bond acceptors (Lipinski definition) is 11. The average molecular weight is 602 g/mol. The first-order valence-corrected chi connectivity index (χ1v) is 14.0. The summed E-state index contributed by atoms with van der Waals surface area (Å²) in [7, 11) is 0. The number of hydrogen-bond donors (Lipinski definition) is 10. The molecule has 0 saturated carbocycles. The number of carbonyl (C=O) groups is 5. The van der Waals surface area contributed by atoms with Gasteiger partial charge in [-0.1, -0.05) is 27.7 Å². The Bertz CT molecular complexity index is 708. The van der Waals surface area contributed by atoms with Crippen molar-refractivity contribution >= 4 is 41.6 Å². The first kappa shape index (κ1) is 44.5. The summed E-state index contributed by atoms with van der Waals surface area (Å²) in [6.45, 7) is 9.72. The van der Waals surface area contributed by atoms with Crippen LogP contribution in [-0.2, 0) is 24.0 Å². The number of nitrogens with two attached hydrogens (primary N) is 4. The third kappa shape index (κ3) is 31.7. The van der Waals surface area contributed by atoms with Gasteiger partial charge in [-0.2, -0.15) is 11.8 Å². The van der Waals surface area contributed by atoms with E-state index in [2.05, 4.69) is 5.32 Å². The van der Waals surface area contributed by atoms with Crippen LogP contribution in [0.4, 0.5) is 0 Å². The lowest BCUT2D eigenvalue weighted by atomic mass is 10.1. The summed E-state index contributed by atoms with van der Waals surface area (Å²) >= 11 is 1.60. The number of carboxylic acids is 5. The minimum atomic E-state index is -0.963. The molecule has 0 radical (unpaired) electrons. The maximum atomic E-state index is 10.1. The second-order valence-electron chi connectivity index (χ2n) is 9.52. The van der Waals surface area contributed by atoms with E-state index >= 15 is 0 Å². The Labute approximate surface area is 240 Å². The summed E-state index contributed by atoms with van der Waals surface area (Å²) in [5, 5.41) is 43.9. The van der Waals surface area contributed by atoms with Crippen LogP contribution in [-0.4, -0.2) is 104 Å². The molecule has 0 amide bonds. The molecule has 5 atom stereocenters. The third-order valence-electron chi connectivity index (χ3n) is 4.74. The van der Waals surface area contributed by atoms with Gasteiger partial charge < -0.3 is 53.8 Å². The van der Waals surface area contributed by atoms with Crippen LogP contribution in [0.5, 0.6) is 0 Å². The highest BCUT2D eigenvalue weighted by molar-refractivity contribution is 7.98. The Balaban J connectivity index is -0.000000204. The van der Waals surface area contributed by atoms with Crippen molar-refractivity contribution in [2.45, 2.75) is 90.5 Å². The van der Waals surface area contributed by atoms with Crippen LogP contribution in [0.3, 0.4) is 0 Å². The number of thioether (sulfide) groups is 1. The smallest absolute Gasteiger partial charge is 0.320 e. The summed E-state index contributed by atoms with van der Waals surface area (Å²) in [6.07, 6.45) is 4.81. The highest BCUT2D eigenvalue weighted by Crippen LogP contribution is 2.03. The van der Waals surface area contributed by atoms with Crippen LogP contribution < -0.4 is 28.3 Å². The van der Waals surface area contributed by atoms with Gasteiger partial charge in [-0.05, 0) is 63.0 Å². The van der Waals surface area contributed by atoms with E-state index in [0.29, 0.717) is 18.8 Å². The molecule has 1 aliphatic heterocycles. The van der Waals surface area contributed by atoms with Crippen molar-refractivity contribution in [3.63, 3.8) is 0 Å². The van der Waals surface area contributed by atoms with Crippen molar-refractivity contribution < 1.29 is 49.5 Å². The first-order valence-electron chi connectivity index (χ1n) is 12.6. The minimum Gasteiger partial charge on any atom is -0.480 e. The second kappa shape index (κ2) is 26.7. The molecule has 1 fully saturated rings. The highest BCUT2D eigenvalue weighted by Gasteiger charge is 2.20. The molecule has 0 unspecified atom stereocenters. The van der Waals surface area contributed by atoms with Gasteiger partial charge in [0.15, 0.2) is 0 Å². The van der Waals surface area contributed by atoms with E-state index in [9.17, 15) is 24.0 Å². The SMILES string of the molecule is CC(C)C[C@H](N)C(=O)O.CC(C)[C@H](N)C(=O)O.CSCC[C@H](N)C(=O)O.C[C@H](N)C(=O)O.O=C(O)[C@@H]1CCCN1. The fourth-order valence-electron chi connectivity index (χ4n) is 2.16. The fourth-order valence-corrected chi connectivity index (χ4v) is 2.65. The Morgan fingerprint density at radius 1 is 0.800 bits per heavy atom. The van der Waals surface area contributed by atoms with Crippen molar-refractivity contribution in [3.8, 4) is 0 Å². The van der Waals surface area contributed by atoms with Crippen LogP contribution in [0.15, 0.2) is 0 Å². The van der Waals surface area contributed by atoms with E-state index in [1.54, 1.807) is 25.6 Å². The lowest BCUT2D eigenvalue weighted by Crippen LogP contribution is -2.34. The summed E-state index contributed by atoms with van der Waals surface area (Å²) < 4.78 is 0. The Morgan fingerprint density at radius 2 is 1.25 bits per heavy atom. The predicted octanol–water partition coefficient (Wildman–Crippen LogP) is -0.109. The first-order chi connectivity index (χ1) is 18.2. The Morgan fingerprint density at radius 3 is 1.40 bits per heavy atom. The van der Waals surface area contributed by atoms with Gasteiger partial charge in [-0.15, -0.1) is 0 Å². The van der Waals surface area contributed by atoms with E-state index in [1.807, 2.05) is 20.1 Å². The molecule has 16 heteroatoms. The number of carboxylic acid groups (broad SMARTS) is 5. The van der Waals surface area contributed by atoms with Crippen molar-refractivity contribution in [1.29, 1.82) is 0 Å². The molecule has 1 rings (SSSR count). The molecule has 0 aromatic carbocycles. The number of nitrogens with one attached hydrogen (secondary N) is 1. The quantitative estimate of drug-likeness (QED) is 0.148. The average Bonchev–Trinajstić information content (AvgIpc) is 3.38. The topological polar surface area (TPSA) is 303 Å². The Kier molecular flexibility index (Phi) is 29.7. The standard InChI is InChI=1S/C6H13NO2.C5H11NO2S.C5H9NO2.C5H11NO2.C3H7NO2/c1-4(2)3-5(7)6(8)9;1-9-3-2-4(6)5(7)8;7-5(8)4-2-1-3-6-4;1-3(2)4(6)5(7)8;1-2(4)3(5)6/h4-5H,3,7H2,1-2H3,(H,8,9);4H,2-3,6H2,1H3,(H,7,8);4,6H,1-3H2,(H,7,8);3-4H,6H2,1-2H3,(H,7,8);2H,4H2,1H3,(H,5,6)/t5-;3*4-;2-/m00000/s1. The monoisotopic (exact) mass is 601 g/mol. The molecule has 0 spiro atoms. The molecule has 1 aliphatic rings. The van der Waals surface area contributed by atoms with Gasteiger partial charge >= 0.3 is 29.8 Å². The van der Waals surface area contributed by atoms with Gasteiger partial charge in [-0.25, -0.2) is 0 Å². The summed E-state index contributed by atoms with van der Waals surface area (Å²) in [4.78, 5) is 49.9. The third-order valence-corrected chi connectivity index (χ3v) is 5.39. The van der Waals surface area contributed by atoms with Crippen molar-refractivity contribution in [1.82, 2.24) is 5.32 Å². The molecule has 40 heavy (non-hydrogen) atoms. The Hall–Kier alpha value is -2.50. The van der Waals surface area contributed by atoms with Gasteiger partial charge in [0.25, 0.3) is 0 Å². The molecule has 14 N–H and O–H groups in total. The van der Waals surface area contributed by atoms with E-state index < -0.39 is 54.0 Å². The van der Waals surface area contributed by atoms with Crippen LogP contribution >= 0.6 is 11.8 Å². The van der Waals surface area contributed by atoms with Gasteiger partial charge in [0.1, 0.15) is 30.2 Å². The highest BCUT2D eigenvalue weighted by atomic mass is 32.2. The van der Waals surface area contributed by atoms with Crippen molar-refractivity contribution in [3.05, 3.63) is 0 Å². The maximum absolute atomic E-state index is 10.1. The number of rotatable bonds is 11.